The number of halogens is 1. The van der Waals surface area contributed by atoms with Gasteiger partial charge in [0, 0.05) is 21.4 Å². The maximum absolute atomic E-state index is 12.1. The molecule has 3 nitrogen and oxygen atoms in total. The Morgan fingerprint density at radius 3 is 2.52 bits per heavy atom. The second kappa shape index (κ2) is 6.93. The number of amides is 1. The summed E-state index contributed by atoms with van der Waals surface area (Å²) in [6.07, 6.45) is 0.453. The van der Waals surface area contributed by atoms with Gasteiger partial charge in [-0.3, -0.25) is 4.79 Å². The van der Waals surface area contributed by atoms with Crippen LogP contribution < -0.4 is 11.1 Å². The van der Waals surface area contributed by atoms with Crippen molar-refractivity contribution in [2.45, 2.75) is 26.2 Å². The summed E-state index contributed by atoms with van der Waals surface area (Å²) in [6.45, 7) is 4.10. The highest BCUT2D eigenvalue weighted by Crippen LogP contribution is 2.22. The number of nitrogens with two attached hydrogens (primary N) is 1. The van der Waals surface area contributed by atoms with Gasteiger partial charge in [0.1, 0.15) is 0 Å². The number of hydrogen-bond acceptors (Lipinski definition) is 2. The van der Waals surface area contributed by atoms with Gasteiger partial charge in [0.15, 0.2) is 0 Å². The molecular formula is C17H19IN2O. The molecule has 1 unspecified atom stereocenters. The van der Waals surface area contributed by atoms with Crippen LogP contribution in [0.5, 0.6) is 0 Å². The molecule has 0 aliphatic carbocycles. The lowest BCUT2D eigenvalue weighted by molar-refractivity contribution is -0.116. The number of anilines is 2. The van der Waals surface area contributed by atoms with Crippen molar-refractivity contribution in [2.24, 2.45) is 0 Å². The predicted molar refractivity (Wildman–Crippen MR) is 96.4 cm³/mol. The van der Waals surface area contributed by atoms with Crippen LogP contribution in [0.15, 0.2) is 42.5 Å². The van der Waals surface area contributed by atoms with Gasteiger partial charge in [0.25, 0.3) is 0 Å². The number of benzene rings is 2. The van der Waals surface area contributed by atoms with Gasteiger partial charge in [0.2, 0.25) is 5.91 Å². The fraction of sp³-hybridized carbons (Fsp3) is 0.235. The summed E-state index contributed by atoms with van der Waals surface area (Å²) in [7, 11) is 0. The molecule has 110 valence electrons. The molecule has 0 heterocycles. The number of aryl methyl sites for hydroxylation is 1. The van der Waals surface area contributed by atoms with E-state index >= 15 is 0 Å². The summed E-state index contributed by atoms with van der Waals surface area (Å²) in [4.78, 5) is 12.1. The first kappa shape index (κ1) is 15.8. The average molecular weight is 394 g/mol. The molecule has 0 spiro atoms. The molecule has 0 saturated heterocycles. The minimum absolute atomic E-state index is 0.0268. The molecule has 0 aliphatic rings. The second-order valence-electron chi connectivity index (χ2n) is 5.28. The van der Waals surface area contributed by atoms with Crippen molar-refractivity contribution >= 4 is 39.9 Å². The molecule has 0 fully saturated rings. The van der Waals surface area contributed by atoms with Gasteiger partial charge in [-0.05, 0) is 70.8 Å². The molecular weight excluding hydrogens is 375 g/mol. The van der Waals surface area contributed by atoms with Crippen LogP contribution in [0.25, 0.3) is 0 Å². The number of carbonyl (C=O) groups is 1. The van der Waals surface area contributed by atoms with Crippen molar-refractivity contribution < 1.29 is 4.79 Å². The third-order valence-corrected chi connectivity index (χ3v) is 4.61. The standard InChI is InChI=1S/C17H19IN2O/c1-11-3-8-15(10-16(11)18)20-17(21)9-12(2)13-4-6-14(19)7-5-13/h3-8,10,12H,9,19H2,1-2H3,(H,20,21). The van der Waals surface area contributed by atoms with Crippen molar-refractivity contribution in [3.05, 3.63) is 57.2 Å². The Kier molecular flexibility index (Phi) is 5.22. The van der Waals surface area contributed by atoms with E-state index in [-0.39, 0.29) is 11.8 Å². The molecule has 1 amide bonds. The molecule has 3 N–H and O–H groups in total. The highest BCUT2D eigenvalue weighted by atomic mass is 127. The first-order valence-electron chi connectivity index (χ1n) is 6.87. The van der Waals surface area contributed by atoms with Gasteiger partial charge in [-0.25, -0.2) is 0 Å². The number of rotatable bonds is 4. The smallest absolute Gasteiger partial charge is 0.224 e. The molecule has 2 aromatic carbocycles. The highest BCUT2D eigenvalue weighted by Gasteiger charge is 2.11. The van der Waals surface area contributed by atoms with Crippen LogP contribution in [0, 0.1) is 10.5 Å². The fourth-order valence-electron chi connectivity index (χ4n) is 2.10. The van der Waals surface area contributed by atoms with E-state index in [1.54, 1.807) is 0 Å². The van der Waals surface area contributed by atoms with E-state index in [1.165, 1.54) is 5.56 Å². The maximum atomic E-state index is 12.1. The first-order chi connectivity index (χ1) is 9.95. The zero-order chi connectivity index (χ0) is 15.4. The molecule has 2 aromatic rings. The molecule has 2 rings (SSSR count). The molecule has 0 aromatic heterocycles. The summed E-state index contributed by atoms with van der Waals surface area (Å²) < 4.78 is 1.15. The lowest BCUT2D eigenvalue weighted by atomic mass is 9.97. The van der Waals surface area contributed by atoms with Crippen LogP contribution >= 0.6 is 22.6 Å². The van der Waals surface area contributed by atoms with Crippen molar-refractivity contribution in [1.29, 1.82) is 0 Å². The Hall–Kier alpha value is -1.56. The third kappa shape index (κ3) is 4.46. The molecule has 4 heteroatoms. The van der Waals surface area contributed by atoms with E-state index in [9.17, 15) is 4.79 Å². The SMILES string of the molecule is Cc1ccc(NC(=O)CC(C)c2ccc(N)cc2)cc1I. The van der Waals surface area contributed by atoms with Gasteiger partial charge in [-0.2, -0.15) is 0 Å². The minimum atomic E-state index is 0.0268. The van der Waals surface area contributed by atoms with Crippen molar-refractivity contribution in [3.8, 4) is 0 Å². The molecule has 0 bridgehead atoms. The fourth-order valence-corrected chi connectivity index (χ4v) is 2.62. The number of nitrogen functional groups attached to an aromatic ring is 1. The summed E-state index contributed by atoms with van der Waals surface area (Å²) in [5.41, 5.74) is 9.60. The summed E-state index contributed by atoms with van der Waals surface area (Å²) in [5.74, 6) is 0.189. The first-order valence-corrected chi connectivity index (χ1v) is 7.95. The minimum Gasteiger partial charge on any atom is -0.399 e. The molecule has 0 radical (unpaired) electrons. The van der Waals surface area contributed by atoms with Gasteiger partial charge in [-0.15, -0.1) is 0 Å². The molecule has 0 aliphatic heterocycles. The van der Waals surface area contributed by atoms with Crippen molar-refractivity contribution in [3.63, 3.8) is 0 Å². The number of hydrogen-bond donors (Lipinski definition) is 2. The number of carbonyl (C=O) groups excluding carboxylic acids is 1. The van der Waals surface area contributed by atoms with Crippen LogP contribution in [0.4, 0.5) is 11.4 Å². The average Bonchev–Trinajstić information content (AvgIpc) is 2.43. The quantitative estimate of drug-likeness (QED) is 0.600. The van der Waals surface area contributed by atoms with Gasteiger partial charge in [0.05, 0.1) is 0 Å². The Labute approximate surface area is 139 Å². The summed E-state index contributed by atoms with van der Waals surface area (Å²) >= 11 is 2.27. The third-order valence-electron chi connectivity index (χ3n) is 3.45. The zero-order valence-corrected chi connectivity index (χ0v) is 14.3. The van der Waals surface area contributed by atoms with Crippen LogP contribution in [0.2, 0.25) is 0 Å². The van der Waals surface area contributed by atoms with E-state index in [1.807, 2.05) is 49.4 Å². The maximum Gasteiger partial charge on any atom is 0.224 e. The Morgan fingerprint density at radius 2 is 1.90 bits per heavy atom. The highest BCUT2D eigenvalue weighted by molar-refractivity contribution is 14.1. The van der Waals surface area contributed by atoms with E-state index in [0.29, 0.717) is 6.42 Å². The van der Waals surface area contributed by atoms with E-state index in [0.717, 1.165) is 20.5 Å². The van der Waals surface area contributed by atoms with Crippen LogP contribution in [0.1, 0.15) is 30.4 Å². The normalized spacial score (nSPS) is 12.0. The summed E-state index contributed by atoms with van der Waals surface area (Å²) in [6, 6.07) is 13.6. The van der Waals surface area contributed by atoms with Crippen molar-refractivity contribution in [1.82, 2.24) is 0 Å². The number of nitrogens with one attached hydrogen (secondary N) is 1. The van der Waals surface area contributed by atoms with Crippen LogP contribution in [-0.2, 0) is 4.79 Å². The lowest BCUT2D eigenvalue weighted by Crippen LogP contribution is -2.14. The van der Waals surface area contributed by atoms with E-state index in [4.69, 9.17) is 5.73 Å². The van der Waals surface area contributed by atoms with Crippen molar-refractivity contribution in [2.75, 3.05) is 11.1 Å². The van der Waals surface area contributed by atoms with Gasteiger partial charge < -0.3 is 11.1 Å². The lowest BCUT2D eigenvalue weighted by Gasteiger charge is -2.13. The largest absolute Gasteiger partial charge is 0.399 e. The Morgan fingerprint density at radius 1 is 1.24 bits per heavy atom. The van der Waals surface area contributed by atoms with Crippen LogP contribution in [0.3, 0.4) is 0 Å². The predicted octanol–water partition coefficient (Wildman–Crippen LogP) is 4.31. The Bertz CT molecular complexity index is 638. The zero-order valence-electron chi connectivity index (χ0n) is 12.2. The van der Waals surface area contributed by atoms with Crippen LogP contribution in [-0.4, -0.2) is 5.91 Å². The van der Waals surface area contributed by atoms with E-state index in [2.05, 4.69) is 34.8 Å². The molecule has 21 heavy (non-hydrogen) atoms. The Balaban J connectivity index is 1.97. The van der Waals surface area contributed by atoms with Gasteiger partial charge >= 0.3 is 0 Å². The summed E-state index contributed by atoms with van der Waals surface area (Å²) in [5, 5.41) is 2.95. The monoisotopic (exact) mass is 394 g/mol. The second-order valence-corrected chi connectivity index (χ2v) is 6.45. The van der Waals surface area contributed by atoms with E-state index < -0.39 is 0 Å². The topological polar surface area (TPSA) is 55.1 Å². The van der Waals surface area contributed by atoms with Gasteiger partial charge in [-0.1, -0.05) is 25.1 Å². The molecule has 1 atom stereocenters. The molecule has 0 saturated carbocycles.